The summed E-state index contributed by atoms with van der Waals surface area (Å²) >= 11 is 6.14. The molecule has 0 aromatic carbocycles. The summed E-state index contributed by atoms with van der Waals surface area (Å²) in [6.45, 7) is 9.69. The maximum absolute atomic E-state index is 11.3. The maximum atomic E-state index is 11.3. The molecule has 0 bridgehead atoms. The van der Waals surface area contributed by atoms with E-state index in [9.17, 15) is 4.79 Å². The van der Waals surface area contributed by atoms with Crippen molar-refractivity contribution in [1.29, 1.82) is 0 Å². The minimum absolute atomic E-state index is 0.131. The van der Waals surface area contributed by atoms with E-state index in [1.54, 1.807) is 12.3 Å². The Labute approximate surface area is 154 Å². The Bertz CT molecular complexity index is 675. The number of ether oxygens (including phenoxy) is 1. The fourth-order valence-corrected chi connectivity index (χ4v) is 2.56. The zero-order valence-electron chi connectivity index (χ0n) is 15.5. The lowest BCUT2D eigenvalue weighted by Gasteiger charge is -2.32. The maximum Gasteiger partial charge on any atom is 0.492 e. The molecule has 1 fully saturated rings. The molecule has 1 aromatic rings. The molecule has 136 valence electrons. The summed E-state index contributed by atoms with van der Waals surface area (Å²) in [4.78, 5) is 15.5. The minimum atomic E-state index is -0.572. The van der Waals surface area contributed by atoms with Gasteiger partial charge in [-0.05, 0) is 44.8 Å². The number of methoxy groups -OCH3 is 1. The molecule has 2 rings (SSSR count). The largest absolute Gasteiger partial charge is 0.492 e. The molecule has 25 heavy (non-hydrogen) atoms. The fraction of sp³-hybridized carbons (Fsp3) is 0.529. The van der Waals surface area contributed by atoms with Crippen molar-refractivity contribution in [3.05, 3.63) is 28.3 Å². The predicted molar refractivity (Wildman–Crippen MR) is 98.5 cm³/mol. The number of hydrogen-bond donors (Lipinski definition) is 1. The van der Waals surface area contributed by atoms with Gasteiger partial charge in [-0.2, -0.15) is 0 Å². The topological polar surface area (TPSA) is 69.7 Å². The predicted octanol–water partition coefficient (Wildman–Crippen LogP) is 2.89. The third kappa shape index (κ3) is 4.54. The summed E-state index contributed by atoms with van der Waals surface area (Å²) in [5, 5.41) is 3.20. The van der Waals surface area contributed by atoms with Crippen LogP contribution in [0.4, 0.5) is 0 Å². The van der Waals surface area contributed by atoms with E-state index in [-0.39, 0.29) is 5.91 Å². The van der Waals surface area contributed by atoms with E-state index in [0.717, 1.165) is 11.0 Å². The van der Waals surface area contributed by atoms with Gasteiger partial charge in [-0.1, -0.05) is 17.7 Å². The Balaban J connectivity index is 2.33. The highest BCUT2D eigenvalue weighted by atomic mass is 35.5. The van der Waals surface area contributed by atoms with E-state index in [1.807, 2.05) is 33.8 Å². The molecule has 8 heteroatoms. The summed E-state index contributed by atoms with van der Waals surface area (Å²) in [5.74, 6) is 0.228. The molecule has 0 atom stereocenters. The highest BCUT2D eigenvalue weighted by molar-refractivity contribution is 6.56. The Hall–Kier alpha value is -1.57. The van der Waals surface area contributed by atoms with Gasteiger partial charge in [-0.3, -0.25) is 4.79 Å². The van der Waals surface area contributed by atoms with Gasteiger partial charge in [0, 0.05) is 19.7 Å². The minimum Gasteiger partial charge on any atom is -0.480 e. The van der Waals surface area contributed by atoms with E-state index < -0.39 is 18.3 Å². The average molecular weight is 367 g/mol. The normalized spacial score (nSPS) is 19.0. The van der Waals surface area contributed by atoms with Crippen molar-refractivity contribution in [2.75, 3.05) is 13.7 Å². The number of hydrogen-bond acceptors (Lipinski definition) is 5. The summed E-state index contributed by atoms with van der Waals surface area (Å²) in [7, 11) is 0.939. The second-order valence-electron chi connectivity index (χ2n) is 6.98. The lowest BCUT2D eigenvalue weighted by molar-refractivity contribution is -0.118. The smallest absolute Gasteiger partial charge is 0.480 e. The third-order valence-corrected chi connectivity index (χ3v) is 4.74. The van der Waals surface area contributed by atoms with Crippen molar-refractivity contribution in [1.82, 2.24) is 10.3 Å². The summed E-state index contributed by atoms with van der Waals surface area (Å²) in [6, 6.07) is 1.74. The first-order valence-corrected chi connectivity index (χ1v) is 8.43. The number of aromatic nitrogens is 1. The molecule has 0 unspecified atom stereocenters. The van der Waals surface area contributed by atoms with Crippen LogP contribution in [0.1, 0.15) is 40.2 Å². The lowest BCUT2D eigenvalue weighted by Crippen LogP contribution is -2.41. The average Bonchev–Trinajstić information content (AvgIpc) is 2.71. The summed E-state index contributed by atoms with van der Waals surface area (Å²) in [5.41, 5.74) is 0.601. The highest BCUT2D eigenvalue weighted by Gasteiger charge is 2.52. The number of pyridine rings is 1. The van der Waals surface area contributed by atoms with Crippen LogP contribution in [0.2, 0.25) is 5.02 Å². The van der Waals surface area contributed by atoms with E-state index in [0.29, 0.717) is 17.4 Å². The number of amides is 1. The molecule has 0 aliphatic carbocycles. The van der Waals surface area contributed by atoms with Gasteiger partial charge in [0.15, 0.2) is 0 Å². The number of halogens is 1. The second-order valence-corrected chi connectivity index (χ2v) is 7.38. The molecule has 1 amide bonds. The van der Waals surface area contributed by atoms with Crippen LogP contribution < -0.4 is 10.1 Å². The molecule has 0 saturated carbocycles. The number of carbonyl (C=O) groups is 1. The quantitative estimate of drug-likeness (QED) is 0.811. The molecule has 0 spiro atoms. The lowest BCUT2D eigenvalue weighted by atomic mass is 9.77. The molecule has 1 saturated heterocycles. The molecule has 2 heterocycles. The number of rotatable bonds is 5. The van der Waals surface area contributed by atoms with Gasteiger partial charge in [0.2, 0.25) is 11.8 Å². The van der Waals surface area contributed by atoms with Gasteiger partial charge in [0.05, 0.1) is 18.3 Å². The molecule has 1 aromatic heterocycles. The number of nitrogens with zero attached hydrogens (tertiary/aromatic N) is 1. The van der Waals surface area contributed by atoms with E-state index >= 15 is 0 Å². The van der Waals surface area contributed by atoms with Gasteiger partial charge < -0.3 is 19.4 Å². The highest BCUT2D eigenvalue weighted by Crippen LogP contribution is 2.38. The van der Waals surface area contributed by atoms with Crippen LogP contribution >= 0.6 is 11.6 Å². The van der Waals surface area contributed by atoms with Crippen molar-refractivity contribution < 1.29 is 18.8 Å². The van der Waals surface area contributed by atoms with Crippen LogP contribution in [-0.4, -0.2) is 42.9 Å². The van der Waals surface area contributed by atoms with Crippen LogP contribution in [0.15, 0.2) is 17.7 Å². The molecule has 6 nitrogen and oxygen atoms in total. The molecule has 1 aliphatic rings. The zero-order chi connectivity index (χ0) is 18.8. The van der Waals surface area contributed by atoms with Crippen molar-refractivity contribution in [3.63, 3.8) is 0 Å². The molecule has 1 N–H and O–H groups in total. The zero-order valence-corrected chi connectivity index (χ0v) is 16.2. The Morgan fingerprint density at radius 3 is 2.44 bits per heavy atom. The first kappa shape index (κ1) is 19.8. The fourth-order valence-electron chi connectivity index (χ4n) is 2.31. The summed E-state index contributed by atoms with van der Waals surface area (Å²) < 4.78 is 17.2. The Morgan fingerprint density at radius 1 is 1.36 bits per heavy atom. The number of nitrogens with one attached hydrogen (secondary N) is 1. The first-order valence-electron chi connectivity index (χ1n) is 8.06. The van der Waals surface area contributed by atoms with Crippen LogP contribution in [0.3, 0.4) is 0 Å². The molecule has 1 aliphatic heterocycles. The molecule has 0 radical (unpaired) electrons. The van der Waals surface area contributed by atoms with Gasteiger partial charge >= 0.3 is 7.12 Å². The van der Waals surface area contributed by atoms with Crippen LogP contribution in [0.25, 0.3) is 6.08 Å². The van der Waals surface area contributed by atoms with Crippen molar-refractivity contribution >= 4 is 30.7 Å². The first-order chi connectivity index (χ1) is 11.6. The molecular formula is C17H24BClN2O4. The third-order valence-electron chi connectivity index (χ3n) is 4.47. The van der Waals surface area contributed by atoms with E-state index in [4.69, 9.17) is 25.6 Å². The monoisotopic (exact) mass is 366 g/mol. The molecular weight excluding hydrogens is 342 g/mol. The van der Waals surface area contributed by atoms with Crippen LogP contribution in [0.5, 0.6) is 5.88 Å². The Morgan fingerprint density at radius 2 is 1.96 bits per heavy atom. The van der Waals surface area contributed by atoms with Crippen LogP contribution in [-0.2, 0) is 14.1 Å². The van der Waals surface area contributed by atoms with Gasteiger partial charge in [-0.25, -0.2) is 4.98 Å². The van der Waals surface area contributed by atoms with Gasteiger partial charge in [0.1, 0.15) is 5.02 Å². The van der Waals surface area contributed by atoms with Crippen molar-refractivity contribution in [2.24, 2.45) is 0 Å². The van der Waals surface area contributed by atoms with E-state index in [1.165, 1.54) is 14.0 Å². The van der Waals surface area contributed by atoms with Gasteiger partial charge in [0.25, 0.3) is 0 Å². The number of carbonyl (C=O) groups excluding carboxylic acids is 1. The standard InChI is InChI=1S/C17H24BClN2O4/c1-11(22)20-10-13(18-24-16(2,3)17(4,5)25-18)7-12-8-14(19)15(23-6)21-9-12/h7-9H,10H2,1-6H3,(H,20,22). The van der Waals surface area contributed by atoms with Crippen LogP contribution in [0, 0.1) is 0 Å². The van der Waals surface area contributed by atoms with Crippen molar-refractivity contribution in [2.45, 2.75) is 45.8 Å². The Kier molecular flexibility index (Phi) is 5.81. The summed E-state index contributed by atoms with van der Waals surface area (Å²) in [6.07, 6.45) is 3.50. The van der Waals surface area contributed by atoms with Gasteiger partial charge in [-0.15, -0.1) is 0 Å². The van der Waals surface area contributed by atoms with E-state index in [2.05, 4.69) is 10.3 Å². The van der Waals surface area contributed by atoms with Crippen molar-refractivity contribution in [3.8, 4) is 5.88 Å². The SMILES string of the molecule is COc1ncc(C=C(CNC(C)=O)B2OC(C)(C)C(C)(C)O2)cc1Cl. The second kappa shape index (κ2) is 7.36.